The normalized spacial score (nSPS) is 16.6. The molecular formula is C19H25NO3. The molecular weight excluding hydrogens is 290 g/mol. The van der Waals surface area contributed by atoms with E-state index in [1.165, 1.54) is 39.2 Å². The highest BCUT2D eigenvalue weighted by atomic mass is 16.5. The van der Waals surface area contributed by atoms with Crippen LogP contribution in [0.3, 0.4) is 0 Å². The van der Waals surface area contributed by atoms with Gasteiger partial charge in [-0.3, -0.25) is 4.79 Å². The summed E-state index contributed by atoms with van der Waals surface area (Å²) in [5.74, 6) is -0.407. The lowest BCUT2D eigenvalue weighted by Crippen LogP contribution is -2.34. The van der Waals surface area contributed by atoms with Gasteiger partial charge < -0.3 is 10.1 Å². The predicted molar refractivity (Wildman–Crippen MR) is 91.1 cm³/mol. The Labute approximate surface area is 137 Å². The minimum atomic E-state index is -0.359. The van der Waals surface area contributed by atoms with Crippen LogP contribution >= 0.6 is 0 Å². The Bertz CT molecular complexity index is 540. The van der Waals surface area contributed by atoms with Crippen molar-refractivity contribution >= 4 is 18.0 Å². The van der Waals surface area contributed by atoms with E-state index >= 15 is 0 Å². The lowest BCUT2D eigenvalue weighted by molar-refractivity contribution is -0.117. The van der Waals surface area contributed by atoms with Crippen molar-refractivity contribution < 1.29 is 14.3 Å². The molecule has 0 aromatic heterocycles. The predicted octanol–water partition coefficient (Wildman–Crippen LogP) is 3.72. The van der Waals surface area contributed by atoms with Gasteiger partial charge in [0, 0.05) is 12.1 Å². The summed E-state index contributed by atoms with van der Waals surface area (Å²) in [7, 11) is 1.36. The summed E-state index contributed by atoms with van der Waals surface area (Å²) >= 11 is 0. The van der Waals surface area contributed by atoms with E-state index in [0.717, 1.165) is 18.4 Å². The first kappa shape index (κ1) is 17.3. The lowest BCUT2D eigenvalue weighted by Gasteiger charge is -2.20. The zero-order chi connectivity index (χ0) is 16.5. The van der Waals surface area contributed by atoms with E-state index in [0.29, 0.717) is 11.6 Å². The Balaban J connectivity index is 1.86. The first-order valence-corrected chi connectivity index (χ1v) is 8.36. The molecule has 4 heteroatoms. The summed E-state index contributed by atoms with van der Waals surface area (Å²) in [6.07, 6.45) is 11.7. The van der Waals surface area contributed by atoms with Crippen LogP contribution in [0.5, 0.6) is 0 Å². The van der Waals surface area contributed by atoms with Crippen LogP contribution in [0, 0.1) is 0 Å². The molecule has 0 spiro atoms. The quantitative estimate of drug-likeness (QED) is 0.680. The van der Waals surface area contributed by atoms with Gasteiger partial charge in [0.2, 0.25) is 5.91 Å². The highest BCUT2D eigenvalue weighted by molar-refractivity contribution is 5.92. The summed E-state index contributed by atoms with van der Waals surface area (Å²) < 4.78 is 4.66. The topological polar surface area (TPSA) is 55.4 Å². The second kappa shape index (κ2) is 9.13. The molecule has 4 nitrogen and oxygen atoms in total. The molecule has 1 aliphatic rings. The third-order valence-electron chi connectivity index (χ3n) is 4.21. The molecule has 0 aliphatic heterocycles. The third kappa shape index (κ3) is 5.89. The van der Waals surface area contributed by atoms with Crippen LogP contribution in [0.1, 0.15) is 60.9 Å². The van der Waals surface area contributed by atoms with Crippen molar-refractivity contribution in [2.75, 3.05) is 7.11 Å². The Hall–Kier alpha value is -2.10. The van der Waals surface area contributed by atoms with Gasteiger partial charge in [0.1, 0.15) is 0 Å². The van der Waals surface area contributed by atoms with E-state index in [9.17, 15) is 9.59 Å². The number of rotatable bonds is 4. The number of carbonyl (C=O) groups excluding carboxylic acids is 2. The van der Waals surface area contributed by atoms with Crippen LogP contribution in [0.25, 0.3) is 6.08 Å². The number of hydrogen-bond donors (Lipinski definition) is 1. The SMILES string of the molecule is COC(=O)c1ccc(C=CC(=O)NC2CCCCCCC2)cc1. The van der Waals surface area contributed by atoms with E-state index < -0.39 is 0 Å². The van der Waals surface area contributed by atoms with Gasteiger partial charge in [-0.15, -0.1) is 0 Å². The highest BCUT2D eigenvalue weighted by Crippen LogP contribution is 2.17. The molecule has 0 heterocycles. The second-order valence-corrected chi connectivity index (χ2v) is 6.00. The number of methoxy groups -OCH3 is 1. The van der Waals surface area contributed by atoms with Gasteiger partial charge >= 0.3 is 5.97 Å². The van der Waals surface area contributed by atoms with Gasteiger partial charge in [-0.2, -0.15) is 0 Å². The van der Waals surface area contributed by atoms with Gasteiger partial charge in [0.05, 0.1) is 12.7 Å². The zero-order valence-electron chi connectivity index (χ0n) is 13.7. The fourth-order valence-corrected chi connectivity index (χ4v) is 2.87. The molecule has 0 unspecified atom stereocenters. The fourth-order valence-electron chi connectivity index (χ4n) is 2.87. The summed E-state index contributed by atoms with van der Waals surface area (Å²) in [6.45, 7) is 0. The molecule has 0 atom stereocenters. The molecule has 0 saturated heterocycles. The van der Waals surface area contributed by atoms with Gasteiger partial charge in [0.25, 0.3) is 0 Å². The average molecular weight is 315 g/mol. The molecule has 23 heavy (non-hydrogen) atoms. The maximum absolute atomic E-state index is 12.0. The number of benzene rings is 1. The molecule has 1 fully saturated rings. The molecule has 1 saturated carbocycles. The number of nitrogens with one attached hydrogen (secondary N) is 1. The maximum atomic E-state index is 12.0. The molecule has 1 N–H and O–H groups in total. The number of hydrogen-bond acceptors (Lipinski definition) is 3. The maximum Gasteiger partial charge on any atom is 0.337 e. The Kier molecular flexibility index (Phi) is 6.85. The van der Waals surface area contributed by atoms with E-state index in [2.05, 4.69) is 10.1 Å². The molecule has 0 radical (unpaired) electrons. The molecule has 124 valence electrons. The summed E-state index contributed by atoms with van der Waals surface area (Å²) in [4.78, 5) is 23.4. The van der Waals surface area contributed by atoms with E-state index in [1.54, 1.807) is 36.4 Å². The largest absolute Gasteiger partial charge is 0.465 e. The van der Waals surface area contributed by atoms with Gasteiger partial charge in [-0.05, 0) is 36.6 Å². The molecule has 1 aromatic carbocycles. The standard InChI is InChI=1S/C19H25NO3/c1-23-19(22)16-12-9-15(10-13-16)11-14-18(21)20-17-7-5-3-2-4-6-8-17/h9-14,17H,2-8H2,1H3,(H,20,21). The van der Waals surface area contributed by atoms with Crippen molar-refractivity contribution in [3.05, 3.63) is 41.5 Å². The van der Waals surface area contributed by atoms with Crippen molar-refractivity contribution in [1.82, 2.24) is 5.32 Å². The number of esters is 1. The van der Waals surface area contributed by atoms with Crippen molar-refractivity contribution in [2.24, 2.45) is 0 Å². The zero-order valence-corrected chi connectivity index (χ0v) is 13.7. The van der Waals surface area contributed by atoms with Crippen molar-refractivity contribution in [3.63, 3.8) is 0 Å². The number of ether oxygens (including phenoxy) is 1. The van der Waals surface area contributed by atoms with Crippen LogP contribution in [-0.4, -0.2) is 25.0 Å². The minimum absolute atomic E-state index is 0.0485. The van der Waals surface area contributed by atoms with Gasteiger partial charge in [0.15, 0.2) is 0 Å². The Morgan fingerprint density at radius 3 is 2.26 bits per heavy atom. The summed E-state index contributed by atoms with van der Waals surface area (Å²) in [5, 5.41) is 3.10. The highest BCUT2D eigenvalue weighted by Gasteiger charge is 2.12. The van der Waals surface area contributed by atoms with Crippen LogP contribution in [0.4, 0.5) is 0 Å². The fraction of sp³-hybridized carbons (Fsp3) is 0.474. The van der Waals surface area contributed by atoms with Gasteiger partial charge in [-0.1, -0.05) is 44.2 Å². The Morgan fingerprint density at radius 2 is 1.65 bits per heavy atom. The first-order chi connectivity index (χ1) is 11.2. The van der Waals surface area contributed by atoms with Crippen molar-refractivity contribution in [2.45, 2.75) is 51.0 Å². The molecule has 1 amide bonds. The average Bonchev–Trinajstić information content (AvgIpc) is 2.55. The number of amides is 1. The van der Waals surface area contributed by atoms with Crippen LogP contribution in [0.15, 0.2) is 30.3 Å². The summed E-state index contributed by atoms with van der Waals surface area (Å²) in [6, 6.07) is 7.28. The monoisotopic (exact) mass is 315 g/mol. The van der Waals surface area contributed by atoms with Crippen molar-refractivity contribution in [3.8, 4) is 0 Å². The summed E-state index contributed by atoms with van der Waals surface area (Å²) in [5.41, 5.74) is 1.38. The molecule has 2 rings (SSSR count). The van der Waals surface area contributed by atoms with Crippen LogP contribution in [-0.2, 0) is 9.53 Å². The molecule has 1 aromatic rings. The number of carbonyl (C=O) groups is 2. The third-order valence-corrected chi connectivity index (χ3v) is 4.21. The smallest absolute Gasteiger partial charge is 0.337 e. The van der Waals surface area contributed by atoms with E-state index in [4.69, 9.17) is 0 Å². The Morgan fingerprint density at radius 1 is 1.04 bits per heavy atom. The van der Waals surface area contributed by atoms with Gasteiger partial charge in [-0.25, -0.2) is 4.79 Å². The van der Waals surface area contributed by atoms with Crippen LogP contribution in [0.2, 0.25) is 0 Å². The molecule has 1 aliphatic carbocycles. The minimum Gasteiger partial charge on any atom is -0.465 e. The molecule has 0 bridgehead atoms. The van der Waals surface area contributed by atoms with Crippen LogP contribution < -0.4 is 5.32 Å². The lowest BCUT2D eigenvalue weighted by atomic mass is 9.97. The van der Waals surface area contributed by atoms with E-state index in [-0.39, 0.29) is 11.9 Å². The van der Waals surface area contributed by atoms with Crippen molar-refractivity contribution in [1.29, 1.82) is 0 Å². The van der Waals surface area contributed by atoms with E-state index in [1.807, 2.05) is 0 Å². The first-order valence-electron chi connectivity index (χ1n) is 8.36. The second-order valence-electron chi connectivity index (χ2n) is 6.00.